The van der Waals surface area contributed by atoms with Gasteiger partial charge in [0, 0.05) is 18.1 Å². The quantitative estimate of drug-likeness (QED) is 0.756. The molecule has 0 radical (unpaired) electrons. The number of fused-ring (bicyclic) bond motifs is 1. The number of aryl methyl sites for hydroxylation is 1. The van der Waals surface area contributed by atoms with E-state index in [1.807, 2.05) is 24.5 Å². The first-order valence-electron chi connectivity index (χ1n) is 5.92. The standard InChI is InChI=1S/C13H12N4OS2/c1-17-7-6-8(16-17)12(18)15-13-14-11-9(19-2)4-3-5-10(11)20-13/h3-7H,1-2H3,(H,14,15,18). The van der Waals surface area contributed by atoms with Crippen LogP contribution >= 0.6 is 23.1 Å². The normalized spacial score (nSPS) is 10.9. The number of anilines is 1. The number of amides is 1. The molecule has 20 heavy (non-hydrogen) atoms. The average molecular weight is 304 g/mol. The summed E-state index contributed by atoms with van der Waals surface area (Å²) < 4.78 is 2.66. The molecule has 3 aromatic rings. The zero-order valence-electron chi connectivity index (χ0n) is 11.0. The maximum Gasteiger partial charge on any atom is 0.277 e. The van der Waals surface area contributed by atoms with Crippen molar-refractivity contribution in [3.63, 3.8) is 0 Å². The largest absolute Gasteiger partial charge is 0.296 e. The summed E-state index contributed by atoms with van der Waals surface area (Å²) >= 11 is 3.11. The molecule has 0 aliphatic heterocycles. The number of benzene rings is 1. The van der Waals surface area contributed by atoms with Crippen LogP contribution in [-0.2, 0) is 7.05 Å². The topological polar surface area (TPSA) is 59.8 Å². The minimum Gasteiger partial charge on any atom is -0.296 e. The average Bonchev–Trinajstić information content (AvgIpc) is 3.03. The van der Waals surface area contributed by atoms with Gasteiger partial charge in [0.05, 0.1) is 10.2 Å². The highest BCUT2D eigenvalue weighted by Gasteiger charge is 2.13. The van der Waals surface area contributed by atoms with Gasteiger partial charge in [-0.15, -0.1) is 11.8 Å². The molecule has 0 spiro atoms. The second kappa shape index (κ2) is 5.26. The lowest BCUT2D eigenvalue weighted by atomic mass is 10.3. The number of rotatable bonds is 3. The molecule has 7 heteroatoms. The van der Waals surface area contributed by atoms with Crippen molar-refractivity contribution < 1.29 is 4.79 Å². The Morgan fingerprint density at radius 3 is 2.95 bits per heavy atom. The van der Waals surface area contributed by atoms with E-state index in [0.717, 1.165) is 15.1 Å². The van der Waals surface area contributed by atoms with Crippen molar-refractivity contribution in [2.24, 2.45) is 7.05 Å². The van der Waals surface area contributed by atoms with Gasteiger partial charge in [0.1, 0.15) is 0 Å². The fourth-order valence-corrected chi connectivity index (χ4v) is 3.35. The van der Waals surface area contributed by atoms with Gasteiger partial charge >= 0.3 is 0 Å². The number of hydrogen-bond donors (Lipinski definition) is 1. The van der Waals surface area contributed by atoms with Crippen LogP contribution in [0.4, 0.5) is 5.13 Å². The Morgan fingerprint density at radius 2 is 2.25 bits per heavy atom. The summed E-state index contributed by atoms with van der Waals surface area (Å²) in [4.78, 5) is 17.6. The molecule has 0 aliphatic carbocycles. The van der Waals surface area contributed by atoms with Gasteiger partial charge in [-0.3, -0.25) is 14.8 Å². The Hall–Kier alpha value is -1.86. The molecule has 102 valence electrons. The molecule has 0 bridgehead atoms. The molecule has 2 aromatic heterocycles. The summed E-state index contributed by atoms with van der Waals surface area (Å²) in [5.74, 6) is -0.240. The summed E-state index contributed by atoms with van der Waals surface area (Å²) in [7, 11) is 1.78. The number of nitrogens with one attached hydrogen (secondary N) is 1. The fourth-order valence-electron chi connectivity index (χ4n) is 1.84. The molecule has 0 fully saturated rings. The summed E-state index contributed by atoms with van der Waals surface area (Å²) in [5, 5.41) is 7.46. The monoisotopic (exact) mass is 304 g/mol. The SMILES string of the molecule is CSc1cccc2sc(NC(=O)c3ccn(C)n3)nc12. The number of thiazole rings is 1. The molecule has 0 saturated carbocycles. The van der Waals surface area contributed by atoms with E-state index in [4.69, 9.17) is 0 Å². The first-order valence-corrected chi connectivity index (χ1v) is 7.96. The summed E-state index contributed by atoms with van der Waals surface area (Å²) in [6, 6.07) is 7.70. The molecule has 1 N–H and O–H groups in total. The third-order valence-electron chi connectivity index (χ3n) is 2.77. The number of aromatic nitrogens is 3. The fraction of sp³-hybridized carbons (Fsp3) is 0.154. The molecule has 0 aliphatic rings. The van der Waals surface area contributed by atoms with Crippen LogP contribution < -0.4 is 5.32 Å². The van der Waals surface area contributed by atoms with E-state index >= 15 is 0 Å². The van der Waals surface area contributed by atoms with Gasteiger partial charge in [-0.2, -0.15) is 5.10 Å². The van der Waals surface area contributed by atoms with E-state index in [-0.39, 0.29) is 5.91 Å². The number of carbonyl (C=O) groups excluding carboxylic acids is 1. The van der Waals surface area contributed by atoms with Gasteiger partial charge < -0.3 is 0 Å². The number of thioether (sulfide) groups is 1. The molecular formula is C13H12N4OS2. The number of carbonyl (C=O) groups is 1. The van der Waals surface area contributed by atoms with Gasteiger partial charge in [-0.25, -0.2) is 4.98 Å². The molecular weight excluding hydrogens is 292 g/mol. The maximum atomic E-state index is 12.0. The van der Waals surface area contributed by atoms with Crippen molar-refractivity contribution in [1.29, 1.82) is 0 Å². The minimum atomic E-state index is -0.240. The predicted molar refractivity (Wildman–Crippen MR) is 82.6 cm³/mol. The Labute approximate surface area is 124 Å². The lowest BCUT2D eigenvalue weighted by molar-refractivity contribution is 0.102. The van der Waals surface area contributed by atoms with Gasteiger partial charge in [0.2, 0.25) is 0 Å². The highest BCUT2D eigenvalue weighted by molar-refractivity contribution is 7.98. The zero-order chi connectivity index (χ0) is 14.1. The molecule has 2 heterocycles. The highest BCUT2D eigenvalue weighted by Crippen LogP contribution is 2.32. The molecule has 0 unspecified atom stereocenters. The Morgan fingerprint density at radius 1 is 1.40 bits per heavy atom. The van der Waals surface area contributed by atoms with Crippen LogP contribution in [-0.4, -0.2) is 26.9 Å². The van der Waals surface area contributed by atoms with Crippen LogP contribution in [0.5, 0.6) is 0 Å². The molecule has 5 nitrogen and oxygen atoms in total. The van der Waals surface area contributed by atoms with Crippen molar-refractivity contribution in [2.45, 2.75) is 4.90 Å². The molecule has 0 atom stereocenters. The first-order chi connectivity index (χ1) is 9.67. The van der Waals surface area contributed by atoms with Gasteiger partial charge in [-0.1, -0.05) is 17.4 Å². The van der Waals surface area contributed by atoms with E-state index in [0.29, 0.717) is 10.8 Å². The van der Waals surface area contributed by atoms with Crippen molar-refractivity contribution in [1.82, 2.24) is 14.8 Å². The van der Waals surface area contributed by atoms with Crippen LogP contribution in [0.15, 0.2) is 35.4 Å². The van der Waals surface area contributed by atoms with Gasteiger partial charge in [0.15, 0.2) is 10.8 Å². The lowest BCUT2D eigenvalue weighted by Gasteiger charge is -1.97. The number of nitrogens with zero attached hydrogens (tertiary/aromatic N) is 3. The zero-order valence-corrected chi connectivity index (χ0v) is 12.6. The second-order valence-electron chi connectivity index (χ2n) is 4.15. The Balaban J connectivity index is 1.89. The second-order valence-corrected chi connectivity index (χ2v) is 6.03. The highest BCUT2D eigenvalue weighted by atomic mass is 32.2. The third-order valence-corrected chi connectivity index (χ3v) is 4.47. The van der Waals surface area contributed by atoms with Crippen LogP contribution in [0.1, 0.15) is 10.5 Å². The van der Waals surface area contributed by atoms with Crippen LogP contribution in [0, 0.1) is 0 Å². The van der Waals surface area contributed by atoms with Gasteiger partial charge in [-0.05, 0) is 24.5 Å². The van der Waals surface area contributed by atoms with E-state index in [1.54, 1.807) is 35.8 Å². The van der Waals surface area contributed by atoms with E-state index < -0.39 is 0 Å². The summed E-state index contributed by atoms with van der Waals surface area (Å²) in [6.45, 7) is 0. The van der Waals surface area contributed by atoms with Crippen molar-refractivity contribution >= 4 is 44.4 Å². The van der Waals surface area contributed by atoms with E-state index in [1.165, 1.54) is 11.3 Å². The van der Waals surface area contributed by atoms with Crippen LogP contribution in [0.2, 0.25) is 0 Å². The molecule has 0 saturated heterocycles. The minimum absolute atomic E-state index is 0.240. The lowest BCUT2D eigenvalue weighted by Crippen LogP contribution is -2.12. The maximum absolute atomic E-state index is 12.0. The summed E-state index contributed by atoms with van der Waals surface area (Å²) in [5.41, 5.74) is 1.32. The van der Waals surface area contributed by atoms with Gasteiger partial charge in [0.25, 0.3) is 5.91 Å². The van der Waals surface area contributed by atoms with E-state index in [2.05, 4.69) is 15.4 Å². The molecule has 3 rings (SSSR count). The van der Waals surface area contributed by atoms with Crippen LogP contribution in [0.25, 0.3) is 10.2 Å². The predicted octanol–water partition coefficient (Wildman–Crippen LogP) is 3.00. The van der Waals surface area contributed by atoms with Crippen molar-refractivity contribution in [2.75, 3.05) is 11.6 Å². The van der Waals surface area contributed by atoms with Crippen molar-refractivity contribution in [3.8, 4) is 0 Å². The molecule has 1 aromatic carbocycles. The number of para-hydroxylation sites is 1. The Kier molecular flexibility index (Phi) is 3.45. The smallest absolute Gasteiger partial charge is 0.277 e. The Bertz CT molecular complexity index is 778. The molecule has 1 amide bonds. The first kappa shape index (κ1) is 13.1. The number of hydrogen-bond acceptors (Lipinski definition) is 5. The summed E-state index contributed by atoms with van der Waals surface area (Å²) in [6.07, 6.45) is 3.75. The third kappa shape index (κ3) is 2.41. The van der Waals surface area contributed by atoms with E-state index in [9.17, 15) is 4.79 Å². The van der Waals surface area contributed by atoms with Crippen molar-refractivity contribution in [3.05, 3.63) is 36.2 Å². The van der Waals surface area contributed by atoms with Crippen LogP contribution in [0.3, 0.4) is 0 Å².